The number of aryl methyl sites for hydroxylation is 1. The summed E-state index contributed by atoms with van der Waals surface area (Å²) in [7, 11) is 1.78. The highest BCUT2D eigenvalue weighted by Gasteiger charge is 2.52. The molecule has 3 amide bonds. The van der Waals surface area contributed by atoms with Crippen LogP contribution < -0.4 is 10.6 Å². The Bertz CT molecular complexity index is 1880. The Morgan fingerprint density at radius 2 is 1.91 bits per heavy atom. The van der Waals surface area contributed by atoms with Crippen molar-refractivity contribution < 1.29 is 19.1 Å². The summed E-state index contributed by atoms with van der Waals surface area (Å²) in [6.45, 7) is 3.66. The summed E-state index contributed by atoms with van der Waals surface area (Å²) >= 11 is 0. The Balaban J connectivity index is 1.20. The predicted molar refractivity (Wildman–Crippen MR) is 173 cm³/mol. The van der Waals surface area contributed by atoms with Crippen molar-refractivity contribution in [3.8, 4) is 0 Å². The van der Waals surface area contributed by atoms with Gasteiger partial charge in [-0.3, -0.25) is 24.5 Å². The number of pyridine rings is 2. The molecule has 0 fully saturated rings. The number of nitrogens with zero attached hydrogens (tertiary/aromatic N) is 4. The van der Waals surface area contributed by atoms with Crippen LogP contribution in [0.3, 0.4) is 0 Å². The quantitative estimate of drug-likeness (QED) is 0.311. The summed E-state index contributed by atoms with van der Waals surface area (Å²) in [5.74, 6) is -0.0874. The molecule has 3 N–H and O–H groups in total. The minimum atomic E-state index is -0.838. The van der Waals surface area contributed by atoms with Crippen LogP contribution in [0.5, 0.6) is 0 Å². The largest absolute Gasteiger partial charge is 0.377 e. The maximum Gasteiger partial charge on any atom is 0.253 e. The molecule has 2 aliphatic heterocycles. The number of aromatic nitrogens is 4. The van der Waals surface area contributed by atoms with Crippen LogP contribution in [0.2, 0.25) is 0 Å². The van der Waals surface area contributed by atoms with Crippen molar-refractivity contribution in [3.05, 3.63) is 88.0 Å². The molecule has 11 nitrogen and oxygen atoms in total. The fourth-order valence-electron chi connectivity index (χ4n) is 6.93. The number of hydrogen-bond acceptors (Lipinski definition) is 7. The molecule has 3 aromatic heterocycles. The number of likely N-dealkylation sites (N-methyl/N-ethyl adjacent to an activating group) is 1. The molecular formula is C35H37N7O4. The summed E-state index contributed by atoms with van der Waals surface area (Å²) in [5.41, 5.74) is 5.77. The lowest BCUT2D eigenvalue weighted by Crippen LogP contribution is -2.48. The number of nitrogens with one attached hydrogen (secondary N) is 3. The Hall–Kier alpha value is -4.90. The van der Waals surface area contributed by atoms with Crippen molar-refractivity contribution in [2.45, 2.75) is 56.9 Å². The third-order valence-corrected chi connectivity index (χ3v) is 9.41. The first-order valence-corrected chi connectivity index (χ1v) is 15.8. The first-order chi connectivity index (χ1) is 22.3. The van der Waals surface area contributed by atoms with Crippen LogP contribution in [0.1, 0.15) is 63.1 Å². The van der Waals surface area contributed by atoms with Gasteiger partial charge in [-0.05, 0) is 73.1 Å². The van der Waals surface area contributed by atoms with Crippen LogP contribution in [-0.2, 0) is 39.0 Å². The molecule has 1 spiro atoms. The van der Waals surface area contributed by atoms with Gasteiger partial charge in [-0.1, -0.05) is 18.2 Å². The minimum absolute atomic E-state index is 0.114. The zero-order valence-electron chi connectivity index (χ0n) is 26.1. The number of rotatable bonds is 2. The van der Waals surface area contributed by atoms with Crippen LogP contribution in [-0.4, -0.2) is 75.6 Å². The van der Waals surface area contributed by atoms with Crippen molar-refractivity contribution >= 4 is 40.5 Å². The summed E-state index contributed by atoms with van der Waals surface area (Å²) in [6.07, 6.45) is 12.7. The van der Waals surface area contributed by atoms with E-state index in [1.165, 1.54) is 0 Å². The third kappa shape index (κ3) is 5.55. The Morgan fingerprint density at radius 1 is 1.02 bits per heavy atom. The SMILES string of the molecule is Cc1cc(C[C@H]2NC(=O)c3cnc4c(c3)C[C@@]3(C4)C(=O)Nc4ncc(cc43)/C=C\COCCCCCN(C)C2=O)cc2cn[nH]c12. The molecular weight excluding hydrogens is 582 g/mol. The number of anilines is 1. The van der Waals surface area contributed by atoms with Gasteiger partial charge in [0.2, 0.25) is 11.8 Å². The summed E-state index contributed by atoms with van der Waals surface area (Å²) in [5, 5.41) is 14.1. The average Bonchev–Trinajstić information content (AvgIpc) is 3.75. The van der Waals surface area contributed by atoms with Gasteiger partial charge in [-0.2, -0.15) is 5.10 Å². The van der Waals surface area contributed by atoms with Crippen molar-refractivity contribution in [2.75, 3.05) is 32.1 Å². The molecule has 5 bridgehead atoms. The molecule has 3 aliphatic rings. The second kappa shape index (κ2) is 12.1. The normalized spacial score (nSPS) is 22.8. The Labute approximate surface area is 266 Å². The molecule has 0 unspecified atom stereocenters. The van der Waals surface area contributed by atoms with Gasteiger partial charge in [0.1, 0.15) is 11.9 Å². The zero-order chi connectivity index (χ0) is 31.8. The number of carbonyl (C=O) groups excluding carboxylic acids is 3. The van der Waals surface area contributed by atoms with Crippen LogP contribution in [0.15, 0.2) is 48.9 Å². The van der Waals surface area contributed by atoms with Crippen molar-refractivity contribution in [1.82, 2.24) is 30.4 Å². The van der Waals surface area contributed by atoms with E-state index in [9.17, 15) is 14.4 Å². The molecule has 2 atom stereocenters. The van der Waals surface area contributed by atoms with Gasteiger partial charge >= 0.3 is 0 Å². The van der Waals surface area contributed by atoms with Crippen LogP contribution in [0.4, 0.5) is 5.82 Å². The lowest BCUT2D eigenvalue weighted by Gasteiger charge is -2.25. The lowest BCUT2D eigenvalue weighted by atomic mass is 9.79. The minimum Gasteiger partial charge on any atom is -0.377 e. The van der Waals surface area contributed by atoms with E-state index in [4.69, 9.17) is 4.74 Å². The van der Waals surface area contributed by atoms with E-state index in [1.807, 2.05) is 43.3 Å². The number of H-pyrrole nitrogens is 1. The van der Waals surface area contributed by atoms with E-state index < -0.39 is 11.5 Å². The van der Waals surface area contributed by atoms with Crippen molar-refractivity contribution in [1.29, 1.82) is 0 Å². The molecule has 11 heteroatoms. The van der Waals surface area contributed by atoms with Gasteiger partial charge < -0.3 is 20.3 Å². The van der Waals surface area contributed by atoms with Crippen molar-refractivity contribution in [2.24, 2.45) is 0 Å². The number of amides is 3. The standard InChI is InChI=1S/C35H37N7O4/c1-21-11-23(12-25-20-38-41-30(21)25)14-28-33(44)42(2)8-4-3-5-9-46-10-6-7-22-13-27-31(37-18-22)40-34(45)35(27)16-24-15-26(32(43)39-28)19-36-29(24)17-35/h6-7,11-13,15,18-20,28H,3-5,8-10,14,16-17H2,1-2H3,(H,38,41)(H,39,43)(H,37,40,45)/b7-6-/t28-,35+/m1/s1. The van der Waals surface area contributed by atoms with E-state index in [0.717, 1.165) is 63.7 Å². The fraction of sp³-hybridized carbons (Fsp3) is 0.371. The molecule has 0 saturated heterocycles. The van der Waals surface area contributed by atoms with Crippen LogP contribution in [0.25, 0.3) is 17.0 Å². The van der Waals surface area contributed by atoms with Gasteiger partial charge in [0.15, 0.2) is 0 Å². The monoisotopic (exact) mass is 619 g/mol. The molecule has 1 aromatic carbocycles. The predicted octanol–water partition coefficient (Wildman–Crippen LogP) is 3.66. The maximum absolute atomic E-state index is 13.8. The van der Waals surface area contributed by atoms with Gasteiger partial charge in [0.25, 0.3) is 5.91 Å². The highest BCUT2D eigenvalue weighted by Crippen LogP contribution is 2.46. The highest BCUT2D eigenvalue weighted by atomic mass is 16.5. The summed E-state index contributed by atoms with van der Waals surface area (Å²) < 4.78 is 5.81. The van der Waals surface area contributed by atoms with Crippen LogP contribution >= 0.6 is 0 Å². The molecule has 7 rings (SSSR count). The van der Waals surface area contributed by atoms with E-state index in [1.54, 1.807) is 30.5 Å². The van der Waals surface area contributed by atoms with E-state index in [2.05, 4.69) is 30.8 Å². The molecule has 0 saturated carbocycles. The molecule has 46 heavy (non-hydrogen) atoms. The highest BCUT2D eigenvalue weighted by molar-refractivity contribution is 6.06. The smallest absolute Gasteiger partial charge is 0.253 e. The summed E-state index contributed by atoms with van der Waals surface area (Å²) in [6, 6.07) is 7.07. The molecule has 236 valence electrons. The van der Waals surface area contributed by atoms with E-state index in [0.29, 0.717) is 50.4 Å². The first kappa shape index (κ1) is 29.8. The topological polar surface area (TPSA) is 142 Å². The summed E-state index contributed by atoms with van der Waals surface area (Å²) in [4.78, 5) is 51.9. The molecule has 1 aliphatic carbocycles. The fourth-order valence-corrected chi connectivity index (χ4v) is 6.93. The lowest BCUT2D eigenvalue weighted by molar-refractivity contribution is -0.132. The van der Waals surface area contributed by atoms with Gasteiger partial charge in [-0.25, -0.2) is 4.98 Å². The van der Waals surface area contributed by atoms with Crippen molar-refractivity contribution in [3.63, 3.8) is 0 Å². The van der Waals surface area contributed by atoms with E-state index in [-0.39, 0.29) is 17.7 Å². The zero-order valence-corrected chi connectivity index (χ0v) is 26.1. The van der Waals surface area contributed by atoms with Gasteiger partial charge in [0, 0.05) is 62.1 Å². The third-order valence-electron chi connectivity index (χ3n) is 9.41. The van der Waals surface area contributed by atoms with Crippen LogP contribution in [0, 0.1) is 6.92 Å². The number of carbonyl (C=O) groups is 3. The van der Waals surface area contributed by atoms with Gasteiger partial charge in [-0.15, -0.1) is 0 Å². The second-order valence-corrected chi connectivity index (χ2v) is 12.7. The maximum atomic E-state index is 13.8. The molecule has 0 radical (unpaired) electrons. The Kier molecular flexibility index (Phi) is 7.85. The van der Waals surface area contributed by atoms with Gasteiger partial charge in [0.05, 0.1) is 29.3 Å². The molecule has 4 aromatic rings. The number of fused-ring (bicyclic) bond motifs is 3. The Morgan fingerprint density at radius 3 is 2.80 bits per heavy atom. The van der Waals surface area contributed by atoms with E-state index >= 15 is 0 Å². The number of ether oxygens (including phenoxy) is 1. The number of hydrogen-bond donors (Lipinski definition) is 3. The number of aromatic amines is 1. The second-order valence-electron chi connectivity index (χ2n) is 12.7. The number of benzene rings is 1. The average molecular weight is 620 g/mol. The molecule has 5 heterocycles. The first-order valence-electron chi connectivity index (χ1n) is 15.8.